The first kappa shape index (κ1) is 14.9. The molecule has 0 aromatic heterocycles. The van der Waals surface area contributed by atoms with Crippen LogP contribution < -0.4 is 15.2 Å². The highest BCUT2D eigenvalue weighted by atomic mass is 35.5. The van der Waals surface area contributed by atoms with E-state index in [4.69, 9.17) is 15.2 Å². The van der Waals surface area contributed by atoms with Crippen molar-refractivity contribution in [1.29, 1.82) is 0 Å². The van der Waals surface area contributed by atoms with Gasteiger partial charge in [-0.2, -0.15) is 0 Å². The Balaban J connectivity index is 0.00000225. The summed E-state index contributed by atoms with van der Waals surface area (Å²) < 4.78 is 10.2. The van der Waals surface area contributed by atoms with Crippen LogP contribution in [0.5, 0.6) is 17.2 Å². The molecule has 1 aromatic rings. The van der Waals surface area contributed by atoms with Gasteiger partial charge < -0.3 is 20.3 Å². The van der Waals surface area contributed by atoms with E-state index in [2.05, 4.69) is 0 Å². The normalized spacial score (nSPS) is 11.5. The largest absolute Gasteiger partial charge is 0.507 e. The quantitative estimate of drug-likeness (QED) is 0.857. The average molecular weight is 248 g/mol. The first-order valence-electron chi connectivity index (χ1n) is 4.84. The molecule has 4 nitrogen and oxygen atoms in total. The molecule has 1 rings (SSSR count). The Morgan fingerprint density at radius 2 is 1.94 bits per heavy atom. The van der Waals surface area contributed by atoms with Crippen molar-refractivity contribution >= 4 is 12.4 Å². The van der Waals surface area contributed by atoms with E-state index in [1.807, 2.05) is 6.92 Å². The molecule has 92 valence electrons. The minimum Gasteiger partial charge on any atom is -0.507 e. The van der Waals surface area contributed by atoms with Gasteiger partial charge in [0.15, 0.2) is 0 Å². The Hall–Kier alpha value is -1.13. The monoisotopic (exact) mass is 247 g/mol. The molecule has 16 heavy (non-hydrogen) atoms. The van der Waals surface area contributed by atoms with Crippen LogP contribution in [0.15, 0.2) is 12.1 Å². The summed E-state index contributed by atoms with van der Waals surface area (Å²) in [5.74, 6) is 1.22. The minimum atomic E-state index is -0.231. The number of hydrogen-bond acceptors (Lipinski definition) is 4. The lowest BCUT2D eigenvalue weighted by Gasteiger charge is -2.16. The molecule has 1 aromatic carbocycles. The van der Waals surface area contributed by atoms with Gasteiger partial charge >= 0.3 is 0 Å². The molecule has 0 amide bonds. The van der Waals surface area contributed by atoms with Crippen molar-refractivity contribution in [3.63, 3.8) is 0 Å². The Morgan fingerprint density at radius 1 is 1.31 bits per heavy atom. The second-order valence-corrected chi connectivity index (χ2v) is 3.28. The van der Waals surface area contributed by atoms with Crippen molar-refractivity contribution in [2.75, 3.05) is 14.2 Å². The molecule has 5 heteroatoms. The lowest BCUT2D eigenvalue weighted by Crippen LogP contribution is -2.10. The molecule has 0 saturated carbocycles. The van der Waals surface area contributed by atoms with E-state index in [1.165, 1.54) is 13.2 Å². The zero-order valence-electron chi connectivity index (χ0n) is 9.69. The van der Waals surface area contributed by atoms with Crippen molar-refractivity contribution in [3.8, 4) is 17.2 Å². The first-order valence-corrected chi connectivity index (χ1v) is 4.84. The van der Waals surface area contributed by atoms with Crippen molar-refractivity contribution in [1.82, 2.24) is 0 Å². The summed E-state index contributed by atoms with van der Waals surface area (Å²) in [6.07, 6.45) is 0.732. The van der Waals surface area contributed by atoms with Gasteiger partial charge in [0.25, 0.3) is 0 Å². The average Bonchev–Trinajstić information content (AvgIpc) is 2.26. The zero-order valence-corrected chi connectivity index (χ0v) is 10.5. The molecule has 0 bridgehead atoms. The van der Waals surface area contributed by atoms with Crippen LogP contribution in [0.2, 0.25) is 0 Å². The highest BCUT2D eigenvalue weighted by molar-refractivity contribution is 5.85. The summed E-state index contributed by atoms with van der Waals surface area (Å²) in [7, 11) is 3.08. The third kappa shape index (κ3) is 2.93. The molecule has 0 aliphatic carbocycles. The number of methoxy groups -OCH3 is 2. The lowest BCUT2D eigenvalue weighted by molar-refractivity contribution is 0.374. The predicted octanol–water partition coefficient (Wildman–Crippen LogP) is 2.24. The van der Waals surface area contributed by atoms with Crippen LogP contribution in [0.1, 0.15) is 24.9 Å². The van der Waals surface area contributed by atoms with E-state index in [1.54, 1.807) is 13.2 Å². The number of ether oxygens (including phenoxy) is 2. The van der Waals surface area contributed by atoms with Gasteiger partial charge in [0, 0.05) is 18.2 Å². The molecular formula is C11H18ClNO3. The van der Waals surface area contributed by atoms with Crippen LogP contribution in [-0.4, -0.2) is 19.3 Å². The van der Waals surface area contributed by atoms with Crippen LogP contribution in [-0.2, 0) is 0 Å². The summed E-state index contributed by atoms with van der Waals surface area (Å²) in [6.45, 7) is 1.95. The molecule has 0 radical (unpaired) electrons. The fourth-order valence-corrected chi connectivity index (χ4v) is 1.45. The predicted molar refractivity (Wildman–Crippen MR) is 65.7 cm³/mol. The van der Waals surface area contributed by atoms with Crippen LogP contribution in [0, 0.1) is 0 Å². The molecular weight excluding hydrogens is 230 g/mol. The zero-order chi connectivity index (χ0) is 11.4. The van der Waals surface area contributed by atoms with Gasteiger partial charge in [-0.3, -0.25) is 0 Å². The SMILES string of the molecule is CC[C@H](N)c1c(O)cc(OC)cc1OC.Cl. The molecule has 0 unspecified atom stereocenters. The number of halogens is 1. The fraction of sp³-hybridized carbons (Fsp3) is 0.455. The summed E-state index contributed by atoms with van der Waals surface area (Å²) in [5.41, 5.74) is 6.51. The minimum absolute atomic E-state index is 0. The second-order valence-electron chi connectivity index (χ2n) is 3.28. The lowest BCUT2D eigenvalue weighted by atomic mass is 10.0. The Morgan fingerprint density at radius 3 is 2.38 bits per heavy atom. The van der Waals surface area contributed by atoms with E-state index in [0.29, 0.717) is 17.1 Å². The number of aromatic hydroxyl groups is 1. The van der Waals surface area contributed by atoms with E-state index < -0.39 is 0 Å². The molecule has 0 heterocycles. The van der Waals surface area contributed by atoms with E-state index in [-0.39, 0.29) is 24.2 Å². The number of rotatable bonds is 4. The maximum absolute atomic E-state index is 9.80. The van der Waals surface area contributed by atoms with Gasteiger partial charge in [0.1, 0.15) is 17.2 Å². The first-order chi connectivity index (χ1) is 7.13. The summed E-state index contributed by atoms with van der Waals surface area (Å²) in [4.78, 5) is 0. The second kappa shape index (κ2) is 6.45. The summed E-state index contributed by atoms with van der Waals surface area (Å²) >= 11 is 0. The Bertz CT molecular complexity index is 344. The van der Waals surface area contributed by atoms with Gasteiger partial charge in [-0.05, 0) is 6.42 Å². The van der Waals surface area contributed by atoms with Crippen LogP contribution in [0.3, 0.4) is 0 Å². The molecule has 0 aliphatic heterocycles. The molecule has 0 spiro atoms. The van der Waals surface area contributed by atoms with Gasteiger partial charge in [0.2, 0.25) is 0 Å². The van der Waals surface area contributed by atoms with Gasteiger partial charge in [-0.1, -0.05) is 6.92 Å². The van der Waals surface area contributed by atoms with E-state index in [0.717, 1.165) is 6.42 Å². The highest BCUT2D eigenvalue weighted by Crippen LogP contribution is 2.37. The fourth-order valence-electron chi connectivity index (χ4n) is 1.45. The van der Waals surface area contributed by atoms with Crippen molar-refractivity contribution in [2.24, 2.45) is 5.73 Å². The Kier molecular flexibility index (Phi) is 6.00. The standard InChI is InChI=1S/C11H17NO3.ClH/c1-4-8(12)11-9(13)5-7(14-2)6-10(11)15-3;/h5-6,8,13H,4,12H2,1-3H3;1H/t8-;/m0./s1. The third-order valence-corrected chi connectivity index (χ3v) is 2.36. The number of hydrogen-bond donors (Lipinski definition) is 2. The maximum atomic E-state index is 9.80. The third-order valence-electron chi connectivity index (χ3n) is 2.36. The molecule has 1 atom stereocenters. The smallest absolute Gasteiger partial charge is 0.131 e. The van der Waals surface area contributed by atoms with Crippen molar-refractivity contribution < 1.29 is 14.6 Å². The van der Waals surface area contributed by atoms with Gasteiger partial charge in [0.05, 0.1) is 19.8 Å². The highest BCUT2D eigenvalue weighted by Gasteiger charge is 2.16. The summed E-state index contributed by atoms with van der Waals surface area (Å²) in [6, 6.07) is 3.02. The molecule has 0 aliphatic rings. The van der Waals surface area contributed by atoms with Crippen LogP contribution in [0.4, 0.5) is 0 Å². The van der Waals surface area contributed by atoms with Crippen LogP contribution >= 0.6 is 12.4 Å². The van der Waals surface area contributed by atoms with Crippen molar-refractivity contribution in [2.45, 2.75) is 19.4 Å². The van der Waals surface area contributed by atoms with E-state index >= 15 is 0 Å². The van der Waals surface area contributed by atoms with E-state index in [9.17, 15) is 5.11 Å². The molecule has 0 fully saturated rings. The topological polar surface area (TPSA) is 64.7 Å². The number of benzene rings is 1. The van der Waals surface area contributed by atoms with Gasteiger partial charge in [-0.25, -0.2) is 0 Å². The molecule has 0 saturated heterocycles. The van der Waals surface area contributed by atoms with Crippen molar-refractivity contribution in [3.05, 3.63) is 17.7 Å². The Labute approximate surface area is 102 Å². The number of phenolic OH excluding ortho intramolecular Hbond substituents is 1. The molecule has 3 N–H and O–H groups in total. The summed E-state index contributed by atoms with van der Waals surface area (Å²) in [5, 5.41) is 9.80. The van der Waals surface area contributed by atoms with Crippen LogP contribution in [0.25, 0.3) is 0 Å². The maximum Gasteiger partial charge on any atom is 0.131 e. The number of phenols is 1. The van der Waals surface area contributed by atoms with Gasteiger partial charge in [-0.15, -0.1) is 12.4 Å². The number of nitrogens with two attached hydrogens (primary N) is 1.